The van der Waals surface area contributed by atoms with Crippen LogP contribution in [-0.4, -0.2) is 23.6 Å². The van der Waals surface area contributed by atoms with Crippen LogP contribution in [0.5, 0.6) is 0 Å². The fourth-order valence-electron chi connectivity index (χ4n) is 1.45. The van der Waals surface area contributed by atoms with Gasteiger partial charge in [0.25, 0.3) is 0 Å². The number of rotatable bonds is 8. The van der Waals surface area contributed by atoms with Gasteiger partial charge < -0.3 is 5.32 Å². The second kappa shape index (κ2) is 8.01. The van der Waals surface area contributed by atoms with E-state index in [1.165, 1.54) is 12.2 Å². The van der Waals surface area contributed by atoms with Crippen molar-refractivity contribution < 1.29 is 0 Å². The van der Waals surface area contributed by atoms with Crippen LogP contribution < -0.4 is 5.32 Å². The maximum absolute atomic E-state index is 9.11. The van der Waals surface area contributed by atoms with Crippen LogP contribution >= 0.6 is 11.8 Å². The molecule has 1 N–H and O–H groups in total. The van der Waals surface area contributed by atoms with E-state index in [1.807, 2.05) is 18.8 Å². The van der Waals surface area contributed by atoms with Crippen LogP contribution in [0.25, 0.3) is 0 Å². The van der Waals surface area contributed by atoms with Crippen molar-refractivity contribution in [2.45, 2.75) is 57.2 Å². The number of nitrogens with zero attached hydrogens (tertiary/aromatic N) is 1. The molecule has 0 heterocycles. The minimum Gasteiger partial charge on any atom is -0.302 e. The standard InChI is InChI=1S/C12H24N2S/c1-5-11(3)15-9-7-8-12(6-2,10-13)14-4/h11,14H,5-9H2,1-4H3. The van der Waals surface area contributed by atoms with E-state index in [4.69, 9.17) is 5.26 Å². The first-order valence-electron chi connectivity index (χ1n) is 5.85. The molecule has 0 aliphatic carbocycles. The lowest BCUT2D eigenvalue weighted by Gasteiger charge is -2.24. The summed E-state index contributed by atoms with van der Waals surface area (Å²) in [5.74, 6) is 1.17. The molecule has 0 amide bonds. The van der Waals surface area contributed by atoms with Crippen LogP contribution in [0.3, 0.4) is 0 Å². The predicted octanol–water partition coefficient (Wildman–Crippen LogP) is 3.19. The van der Waals surface area contributed by atoms with E-state index in [2.05, 4.69) is 32.2 Å². The summed E-state index contributed by atoms with van der Waals surface area (Å²) in [6.45, 7) is 6.55. The highest BCUT2D eigenvalue weighted by molar-refractivity contribution is 7.99. The Balaban J connectivity index is 3.78. The average Bonchev–Trinajstić information content (AvgIpc) is 2.30. The van der Waals surface area contributed by atoms with Crippen molar-refractivity contribution in [1.82, 2.24) is 5.32 Å². The second-order valence-electron chi connectivity index (χ2n) is 3.99. The third-order valence-corrected chi connectivity index (χ3v) is 4.45. The van der Waals surface area contributed by atoms with E-state index in [1.54, 1.807) is 0 Å². The molecule has 0 saturated carbocycles. The largest absolute Gasteiger partial charge is 0.302 e. The van der Waals surface area contributed by atoms with Crippen LogP contribution in [0.1, 0.15) is 46.5 Å². The van der Waals surface area contributed by atoms with E-state index in [9.17, 15) is 0 Å². The molecular formula is C12H24N2S. The van der Waals surface area contributed by atoms with Crippen molar-refractivity contribution in [2.24, 2.45) is 0 Å². The highest BCUT2D eigenvalue weighted by Gasteiger charge is 2.24. The first-order chi connectivity index (χ1) is 7.14. The van der Waals surface area contributed by atoms with Gasteiger partial charge in [0.2, 0.25) is 0 Å². The lowest BCUT2D eigenvalue weighted by atomic mass is 9.93. The van der Waals surface area contributed by atoms with Gasteiger partial charge in [0.05, 0.1) is 6.07 Å². The lowest BCUT2D eigenvalue weighted by Crippen LogP contribution is -2.40. The van der Waals surface area contributed by atoms with Gasteiger partial charge in [-0.05, 0) is 38.5 Å². The zero-order valence-corrected chi connectivity index (χ0v) is 11.3. The topological polar surface area (TPSA) is 35.8 Å². The van der Waals surface area contributed by atoms with E-state index in [0.717, 1.165) is 24.5 Å². The normalized spacial score (nSPS) is 16.7. The van der Waals surface area contributed by atoms with E-state index in [-0.39, 0.29) is 5.54 Å². The Labute approximate surface area is 98.8 Å². The highest BCUT2D eigenvalue weighted by Crippen LogP contribution is 2.20. The van der Waals surface area contributed by atoms with Gasteiger partial charge in [0, 0.05) is 5.25 Å². The van der Waals surface area contributed by atoms with Crippen molar-refractivity contribution in [1.29, 1.82) is 5.26 Å². The summed E-state index contributed by atoms with van der Waals surface area (Å²) >= 11 is 2.01. The summed E-state index contributed by atoms with van der Waals surface area (Å²) in [6, 6.07) is 2.40. The predicted molar refractivity (Wildman–Crippen MR) is 69.1 cm³/mol. The number of hydrogen-bond acceptors (Lipinski definition) is 3. The van der Waals surface area contributed by atoms with Crippen molar-refractivity contribution in [3.05, 3.63) is 0 Å². The van der Waals surface area contributed by atoms with E-state index in [0.29, 0.717) is 0 Å². The summed E-state index contributed by atoms with van der Waals surface area (Å²) in [5, 5.41) is 13.0. The third kappa shape index (κ3) is 5.44. The van der Waals surface area contributed by atoms with Crippen LogP contribution in [0.15, 0.2) is 0 Å². The molecule has 0 aromatic rings. The first-order valence-corrected chi connectivity index (χ1v) is 6.90. The Morgan fingerprint density at radius 1 is 1.47 bits per heavy atom. The molecule has 2 atom stereocenters. The van der Waals surface area contributed by atoms with Gasteiger partial charge in [0.1, 0.15) is 5.54 Å². The molecule has 2 nitrogen and oxygen atoms in total. The molecule has 0 bridgehead atoms. The maximum Gasteiger partial charge on any atom is 0.106 e. The molecule has 0 aromatic heterocycles. The summed E-state index contributed by atoms with van der Waals surface area (Å²) in [5.41, 5.74) is -0.296. The summed E-state index contributed by atoms with van der Waals surface area (Å²) in [7, 11) is 1.88. The summed E-state index contributed by atoms with van der Waals surface area (Å²) in [6.07, 6.45) is 4.19. The molecule has 0 saturated heterocycles. The minimum absolute atomic E-state index is 0.296. The van der Waals surface area contributed by atoms with Crippen molar-refractivity contribution in [3.63, 3.8) is 0 Å². The molecule has 15 heavy (non-hydrogen) atoms. The first kappa shape index (κ1) is 14.8. The Morgan fingerprint density at radius 2 is 2.13 bits per heavy atom. The monoisotopic (exact) mass is 228 g/mol. The molecule has 0 rings (SSSR count). The average molecular weight is 228 g/mol. The maximum atomic E-state index is 9.11. The minimum atomic E-state index is -0.296. The van der Waals surface area contributed by atoms with E-state index < -0.39 is 0 Å². The number of nitriles is 1. The Bertz CT molecular complexity index is 194. The van der Waals surface area contributed by atoms with Gasteiger partial charge in [-0.15, -0.1) is 0 Å². The van der Waals surface area contributed by atoms with Gasteiger partial charge in [0.15, 0.2) is 0 Å². The quantitative estimate of drug-likeness (QED) is 0.648. The Morgan fingerprint density at radius 3 is 2.53 bits per heavy atom. The smallest absolute Gasteiger partial charge is 0.106 e. The summed E-state index contributed by atoms with van der Waals surface area (Å²) < 4.78 is 0. The SMILES string of the molecule is CCC(C)SCCCC(C#N)(CC)NC. The lowest BCUT2D eigenvalue weighted by molar-refractivity contribution is 0.400. The second-order valence-corrected chi connectivity index (χ2v) is 5.54. The van der Waals surface area contributed by atoms with Gasteiger partial charge in [-0.1, -0.05) is 20.8 Å². The zero-order chi connectivity index (χ0) is 11.7. The number of hydrogen-bond donors (Lipinski definition) is 1. The molecule has 0 aliphatic rings. The van der Waals surface area contributed by atoms with Crippen LogP contribution in [0.4, 0.5) is 0 Å². The van der Waals surface area contributed by atoms with Crippen molar-refractivity contribution >= 4 is 11.8 Å². The fraction of sp³-hybridized carbons (Fsp3) is 0.917. The van der Waals surface area contributed by atoms with Gasteiger partial charge in [-0.2, -0.15) is 17.0 Å². The molecular weight excluding hydrogens is 204 g/mol. The molecule has 0 aromatic carbocycles. The van der Waals surface area contributed by atoms with Crippen molar-refractivity contribution in [3.8, 4) is 6.07 Å². The fourth-order valence-corrected chi connectivity index (χ4v) is 2.39. The third-order valence-electron chi connectivity index (χ3n) is 3.02. The highest BCUT2D eigenvalue weighted by atomic mass is 32.2. The molecule has 2 unspecified atom stereocenters. The molecule has 88 valence electrons. The Kier molecular flexibility index (Phi) is 7.90. The molecule has 0 aliphatic heterocycles. The molecule has 0 radical (unpaired) electrons. The molecule has 0 spiro atoms. The van der Waals surface area contributed by atoms with Crippen molar-refractivity contribution in [2.75, 3.05) is 12.8 Å². The van der Waals surface area contributed by atoms with Gasteiger partial charge in [-0.25, -0.2) is 0 Å². The summed E-state index contributed by atoms with van der Waals surface area (Å²) in [4.78, 5) is 0. The van der Waals surface area contributed by atoms with E-state index >= 15 is 0 Å². The van der Waals surface area contributed by atoms with Gasteiger partial charge >= 0.3 is 0 Å². The van der Waals surface area contributed by atoms with Crippen LogP contribution in [0.2, 0.25) is 0 Å². The molecule has 0 fully saturated rings. The molecule has 3 heteroatoms. The Hall–Kier alpha value is -0.200. The number of nitrogens with one attached hydrogen (secondary N) is 1. The zero-order valence-electron chi connectivity index (χ0n) is 10.5. The van der Waals surface area contributed by atoms with Gasteiger partial charge in [-0.3, -0.25) is 0 Å². The van der Waals surface area contributed by atoms with Crippen LogP contribution in [-0.2, 0) is 0 Å². The van der Waals surface area contributed by atoms with Crippen LogP contribution in [0, 0.1) is 11.3 Å². The number of thioether (sulfide) groups is 1.